The normalized spacial score (nSPS) is 15.8. The van der Waals surface area contributed by atoms with E-state index in [2.05, 4.69) is 23.3 Å². The third-order valence-electron chi connectivity index (χ3n) is 1.63. The molecule has 0 aromatic heterocycles. The van der Waals surface area contributed by atoms with E-state index in [1.165, 1.54) is 13.0 Å². The van der Waals surface area contributed by atoms with Crippen molar-refractivity contribution in [2.45, 2.75) is 20.0 Å². The molecule has 2 N–H and O–H groups in total. The predicted octanol–water partition coefficient (Wildman–Crippen LogP) is 1.86. The van der Waals surface area contributed by atoms with Crippen LogP contribution in [-0.2, 0) is 0 Å². The highest BCUT2D eigenvalue weighted by Gasteiger charge is 2.03. The van der Waals surface area contributed by atoms with E-state index in [9.17, 15) is 4.39 Å². The molecule has 0 rings (SSSR count). The molecule has 0 bridgehead atoms. The molecular weight excluding hydrogens is 181 g/mol. The first-order chi connectivity index (χ1) is 6.52. The second-order valence-electron chi connectivity index (χ2n) is 2.89. The van der Waals surface area contributed by atoms with Crippen molar-refractivity contribution in [3.63, 3.8) is 0 Å². The van der Waals surface area contributed by atoms with Gasteiger partial charge in [-0.05, 0) is 26.6 Å². The molecule has 1 atom stereocenters. The number of aliphatic imine (C=N–C) groups is 2. The van der Waals surface area contributed by atoms with Gasteiger partial charge in [-0.3, -0.25) is 4.99 Å². The van der Waals surface area contributed by atoms with E-state index in [1.54, 1.807) is 6.92 Å². The number of hydrogen-bond acceptors (Lipinski definition) is 2. The Morgan fingerprint density at radius 2 is 2.21 bits per heavy atom. The van der Waals surface area contributed by atoms with Crippen LogP contribution in [0.15, 0.2) is 33.9 Å². The lowest BCUT2D eigenvalue weighted by molar-refractivity contribution is 0.371. The van der Waals surface area contributed by atoms with Crippen molar-refractivity contribution in [1.82, 2.24) is 0 Å². The molecule has 4 heteroatoms. The molecule has 78 valence electrons. The maximum Gasteiger partial charge on any atom is 0.151 e. The van der Waals surface area contributed by atoms with Crippen LogP contribution in [0.25, 0.3) is 0 Å². The maximum atomic E-state index is 12.5. The summed E-state index contributed by atoms with van der Waals surface area (Å²) in [5.41, 5.74) is 6.74. The van der Waals surface area contributed by atoms with Gasteiger partial charge in [-0.25, -0.2) is 9.38 Å². The van der Waals surface area contributed by atoms with Crippen molar-refractivity contribution in [2.24, 2.45) is 15.7 Å². The Morgan fingerprint density at radius 1 is 1.64 bits per heavy atom. The van der Waals surface area contributed by atoms with Crippen LogP contribution >= 0.6 is 0 Å². The first-order valence-corrected chi connectivity index (χ1v) is 4.27. The topological polar surface area (TPSA) is 50.7 Å². The molecule has 0 fully saturated rings. The Labute approximate surface area is 83.9 Å². The zero-order valence-corrected chi connectivity index (χ0v) is 8.63. The lowest BCUT2D eigenvalue weighted by atomic mass is 10.2. The van der Waals surface area contributed by atoms with Crippen LogP contribution in [0.2, 0.25) is 0 Å². The first-order valence-electron chi connectivity index (χ1n) is 4.27. The van der Waals surface area contributed by atoms with Crippen molar-refractivity contribution < 1.29 is 4.39 Å². The fraction of sp³-hybridized carbons (Fsp3) is 0.400. The van der Waals surface area contributed by atoms with Crippen molar-refractivity contribution in [3.05, 3.63) is 23.9 Å². The van der Waals surface area contributed by atoms with Crippen LogP contribution in [0.3, 0.4) is 0 Å². The fourth-order valence-electron chi connectivity index (χ4n) is 0.782. The number of alkyl halides is 1. The van der Waals surface area contributed by atoms with Crippen molar-refractivity contribution in [3.8, 4) is 0 Å². The molecule has 0 aromatic carbocycles. The summed E-state index contributed by atoms with van der Waals surface area (Å²) in [6.07, 6.45) is 0.499. The van der Waals surface area contributed by atoms with Crippen molar-refractivity contribution in [1.29, 1.82) is 0 Å². The minimum Gasteiger partial charge on any atom is -0.398 e. The number of amidine groups is 1. The molecule has 0 aliphatic carbocycles. The van der Waals surface area contributed by atoms with E-state index < -0.39 is 6.17 Å². The van der Waals surface area contributed by atoms with Crippen LogP contribution in [0.4, 0.5) is 4.39 Å². The SMILES string of the molecule is C=CC(N)=C(C)C(N=C)=NC[C@@H](C)F. The molecule has 3 nitrogen and oxygen atoms in total. The standard InChI is InChI=1S/C10H16FN3/c1-5-9(12)8(3)10(13-4)14-6-7(2)11/h5,7H,1,4,6,12H2,2-3H3/t7-/m1/s1. The number of halogens is 1. The zero-order chi connectivity index (χ0) is 11.1. The number of nitrogens with zero attached hydrogens (tertiary/aromatic N) is 2. The Hall–Kier alpha value is -1.45. The summed E-state index contributed by atoms with van der Waals surface area (Å²) >= 11 is 0. The van der Waals surface area contributed by atoms with Gasteiger partial charge in [-0.15, -0.1) is 0 Å². The molecule has 0 amide bonds. The average molecular weight is 197 g/mol. The average Bonchev–Trinajstić information content (AvgIpc) is 2.16. The molecule has 0 radical (unpaired) electrons. The molecule has 0 aliphatic heterocycles. The monoisotopic (exact) mass is 197 g/mol. The lowest BCUT2D eigenvalue weighted by Gasteiger charge is -2.04. The second kappa shape index (κ2) is 6.07. The van der Waals surface area contributed by atoms with Crippen LogP contribution in [0.1, 0.15) is 13.8 Å². The Bertz CT molecular complexity index is 277. The Balaban J connectivity index is 4.81. The molecule has 0 unspecified atom stereocenters. The summed E-state index contributed by atoms with van der Waals surface area (Å²) in [5.74, 6) is 0.367. The number of nitrogens with two attached hydrogens (primary N) is 1. The minimum atomic E-state index is -0.996. The van der Waals surface area contributed by atoms with Gasteiger partial charge in [0.1, 0.15) is 6.17 Å². The third-order valence-corrected chi connectivity index (χ3v) is 1.63. The summed E-state index contributed by atoms with van der Waals surface area (Å²) in [7, 11) is 0. The number of allylic oxidation sites excluding steroid dienone is 1. The molecule has 0 heterocycles. The third kappa shape index (κ3) is 3.98. The molecule has 0 spiro atoms. The predicted molar refractivity (Wildman–Crippen MR) is 59.5 cm³/mol. The Kier molecular flexibility index (Phi) is 5.44. The highest BCUT2D eigenvalue weighted by molar-refractivity contribution is 6.01. The van der Waals surface area contributed by atoms with E-state index >= 15 is 0 Å². The molecule has 0 saturated heterocycles. The Morgan fingerprint density at radius 3 is 2.57 bits per heavy atom. The number of rotatable bonds is 4. The maximum absolute atomic E-state index is 12.5. The van der Waals surface area contributed by atoms with E-state index in [1.807, 2.05) is 0 Å². The smallest absolute Gasteiger partial charge is 0.151 e. The van der Waals surface area contributed by atoms with Crippen molar-refractivity contribution >= 4 is 12.6 Å². The second-order valence-corrected chi connectivity index (χ2v) is 2.89. The van der Waals surface area contributed by atoms with Gasteiger partial charge >= 0.3 is 0 Å². The molecule has 0 aliphatic rings. The van der Waals surface area contributed by atoms with E-state index in [0.29, 0.717) is 17.1 Å². The molecule has 14 heavy (non-hydrogen) atoms. The van der Waals surface area contributed by atoms with Gasteiger partial charge in [0.15, 0.2) is 5.84 Å². The van der Waals surface area contributed by atoms with Gasteiger partial charge in [0.05, 0.1) is 6.54 Å². The highest BCUT2D eigenvalue weighted by Crippen LogP contribution is 2.04. The lowest BCUT2D eigenvalue weighted by Crippen LogP contribution is -2.08. The van der Waals surface area contributed by atoms with Gasteiger partial charge in [-0.2, -0.15) is 0 Å². The van der Waals surface area contributed by atoms with Gasteiger partial charge in [0, 0.05) is 11.3 Å². The van der Waals surface area contributed by atoms with Crippen LogP contribution in [-0.4, -0.2) is 25.3 Å². The summed E-state index contributed by atoms with van der Waals surface area (Å²) < 4.78 is 12.5. The van der Waals surface area contributed by atoms with Gasteiger partial charge < -0.3 is 5.73 Å². The zero-order valence-electron chi connectivity index (χ0n) is 8.63. The van der Waals surface area contributed by atoms with Gasteiger partial charge in [-0.1, -0.05) is 6.58 Å². The van der Waals surface area contributed by atoms with E-state index in [4.69, 9.17) is 5.73 Å². The molecular formula is C10H16FN3. The van der Waals surface area contributed by atoms with Crippen LogP contribution < -0.4 is 5.73 Å². The number of hydrogen-bond donors (Lipinski definition) is 1. The molecule has 0 aromatic rings. The summed E-state index contributed by atoms with van der Waals surface area (Å²) in [6, 6.07) is 0. The fourth-order valence-corrected chi connectivity index (χ4v) is 0.782. The first kappa shape index (κ1) is 12.6. The van der Waals surface area contributed by atoms with E-state index in [-0.39, 0.29) is 6.54 Å². The minimum absolute atomic E-state index is 0.0656. The highest BCUT2D eigenvalue weighted by atomic mass is 19.1. The van der Waals surface area contributed by atoms with Crippen molar-refractivity contribution in [2.75, 3.05) is 6.54 Å². The molecule has 0 saturated carbocycles. The summed E-state index contributed by atoms with van der Waals surface area (Å²) in [6.45, 7) is 10.1. The largest absolute Gasteiger partial charge is 0.398 e. The van der Waals surface area contributed by atoms with Crippen LogP contribution in [0, 0.1) is 0 Å². The summed E-state index contributed by atoms with van der Waals surface area (Å²) in [4.78, 5) is 7.61. The van der Waals surface area contributed by atoms with Crippen LogP contribution in [0.5, 0.6) is 0 Å². The quantitative estimate of drug-likeness (QED) is 0.417. The summed E-state index contributed by atoms with van der Waals surface area (Å²) in [5, 5.41) is 0. The van der Waals surface area contributed by atoms with Gasteiger partial charge in [0.25, 0.3) is 0 Å². The van der Waals surface area contributed by atoms with Gasteiger partial charge in [0.2, 0.25) is 0 Å². The van der Waals surface area contributed by atoms with E-state index in [0.717, 1.165) is 0 Å².